The van der Waals surface area contributed by atoms with Crippen LogP contribution in [0.5, 0.6) is 0 Å². The third-order valence-electron chi connectivity index (χ3n) is 1.98. The Balaban J connectivity index is 2.72. The normalized spacial score (nSPS) is 32.0. The zero-order valence-electron chi connectivity index (χ0n) is 6.52. The minimum absolute atomic E-state index is 0.175. The number of aliphatic hydroxyl groups is 1. The van der Waals surface area contributed by atoms with Crippen molar-refractivity contribution >= 4 is 9.84 Å². The highest BCUT2D eigenvalue weighted by molar-refractivity contribution is 7.92. The van der Waals surface area contributed by atoms with Crippen molar-refractivity contribution in [3.8, 4) is 0 Å². The minimum Gasteiger partial charge on any atom is -0.395 e. The first-order valence-corrected chi connectivity index (χ1v) is 5.29. The number of nitrogens with zero attached hydrogens (tertiary/aromatic N) is 1. The first-order chi connectivity index (χ1) is 5.06. The van der Waals surface area contributed by atoms with Crippen LogP contribution in [0.4, 0.5) is 0 Å². The molecule has 0 amide bonds. The predicted octanol–water partition coefficient (Wildman–Crippen LogP) is -1.29. The topological polar surface area (TPSA) is 57.6 Å². The maximum atomic E-state index is 11.2. The molecule has 1 N–H and O–H groups in total. The molecule has 1 fully saturated rings. The summed E-state index contributed by atoms with van der Waals surface area (Å²) in [5.74, 6) is 0.175. The van der Waals surface area contributed by atoms with Crippen molar-refractivity contribution in [1.82, 2.24) is 4.90 Å². The summed E-state index contributed by atoms with van der Waals surface area (Å²) in [6.07, 6.45) is 0. The lowest BCUT2D eigenvalue weighted by Gasteiger charge is -2.28. The minimum atomic E-state index is -3.00. The van der Waals surface area contributed by atoms with E-state index in [1.807, 2.05) is 11.9 Å². The van der Waals surface area contributed by atoms with Crippen LogP contribution < -0.4 is 0 Å². The van der Waals surface area contributed by atoms with Gasteiger partial charge in [-0.15, -0.1) is 0 Å². The molecule has 1 saturated heterocycles. The van der Waals surface area contributed by atoms with Gasteiger partial charge in [-0.3, -0.25) is 0 Å². The van der Waals surface area contributed by atoms with Gasteiger partial charge in [0, 0.05) is 13.1 Å². The molecule has 0 bridgehead atoms. The second-order valence-electron chi connectivity index (χ2n) is 2.93. The average Bonchev–Trinajstić information content (AvgIpc) is 1.94. The van der Waals surface area contributed by atoms with Crippen LogP contribution in [0.2, 0.25) is 0 Å². The van der Waals surface area contributed by atoms with E-state index in [-0.39, 0.29) is 12.4 Å². The van der Waals surface area contributed by atoms with Crippen LogP contribution in [0.1, 0.15) is 0 Å². The maximum Gasteiger partial charge on any atom is 0.157 e. The molecule has 11 heavy (non-hydrogen) atoms. The van der Waals surface area contributed by atoms with Crippen molar-refractivity contribution in [1.29, 1.82) is 0 Å². The molecule has 1 heterocycles. The molecule has 66 valence electrons. The van der Waals surface area contributed by atoms with E-state index in [0.29, 0.717) is 13.1 Å². The molecule has 1 aliphatic rings. The fourth-order valence-electron chi connectivity index (χ4n) is 1.17. The van der Waals surface area contributed by atoms with E-state index >= 15 is 0 Å². The fourth-order valence-corrected chi connectivity index (χ4v) is 2.78. The van der Waals surface area contributed by atoms with Gasteiger partial charge in [0.15, 0.2) is 9.84 Å². The van der Waals surface area contributed by atoms with Crippen LogP contribution in [0.25, 0.3) is 0 Å². The highest BCUT2D eigenvalue weighted by atomic mass is 32.2. The van der Waals surface area contributed by atoms with E-state index in [2.05, 4.69) is 0 Å². The highest BCUT2D eigenvalue weighted by Crippen LogP contribution is 2.09. The van der Waals surface area contributed by atoms with Crippen molar-refractivity contribution in [3.05, 3.63) is 0 Å². The molecule has 0 radical (unpaired) electrons. The second-order valence-corrected chi connectivity index (χ2v) is 5.33. The van der Waals surface area contributed by atoms with Crippen LogP contribution in [0.3, 0.4) is 0 Å². The number of rotatable bonds is 1. The molecule has 0 saturated carbocycles. The van der Waals surface area contributed by atoms with E-state index < -0.39 is 15.1 Å². The first-order valence-electron chi connectivity index (χ1n) is 3.57. The lowest BCUT2D eigenvalue weighted by Crippen LogP contribution is -2.46. The van der Waals surface area contributed by atoms with E-state index in [0.717, 1.165) is 0 Å². The van der Waals surface area contributed by atoms with Crippen LogP contribution >= 0.6 is 0 Å². The van der Waals surface area contributed by atoms with Gasteiger partial charge >= 0.3 is 0 Å². The van der Waals surface area contributed by atoms with E-state index in [9.17, 15) is 8.42 Å². The Morgan fingerprint density at radius 3 is 2.73 bits per heavy atom. The molecule has 0 aromatic carbocycles. The Hall–Kier alpha value is -0.130. The van der Waals surface area contributed by atoms with E-state index in [4.69, 9.17) is 5.11 Å². The lowest BCUT2D eigenvalue weighted by molar-refractivity contribution is 0.245. The Bertz CT molecular complexity index is 224. The number of aliphatic hydroxyl groups excluding tert-OH is 1. The molecule has 1 rings (SSSR count). The smallest absolute Gasteiger partial charge is 0.157 e. The van der Waals surface area contributed by atoms with Gasteiger partial charge in [-0.05, 0) is 7.05 Å². The molecular formula is C6H13NO3S. The third kappa shape index (κ3) is 1.91. The van der Waals surface area contributed by atoms with Crippen LogP contribution in [-0.4, -0.2) is 56.2 Å². The summed E-state index contributed by atoms with van der Waals surface area (Å²) in [6, 6.07) is 0. The SMILES string of the molecule is CN1CCS(=O)(=O)C(CO)C1. The van der Waals surface area contributed by atoms with Gasteiger partial charge in [0.2, 0.25) is 0 Å². The molecule has 1 aliphatic heterocycles. The summed E-state index contributed by atoms with van der Waals surface area (Å²) >= 11 is 0. The monoisotopic (exact) mass is 179 g/mol. The van der Waals surface area contributed by atoms with Gasteiger partial charge in [-0.2, -0.15) is 0 Å². The van der Waals surface area contributed by atoms with Gasteiger partial charge in [-0.1, -0.05) is 0 Å². The van der Waals surface area contributed by atoms with Gasteiger partial charge in [0.1, 0.15) is 0 Å². The summed E-state index contributed by atoms with van der Waals surface area (Å²) in [5, 5.41) is 8.17. The van der Waals surface area contributed by atoms with Crippen LogP contribution in [0.15, 0.2) is 0 Å². The highest BCUT2D eigenvalue weighted by Gasteiger charge is 2.30. The Morgan fingerprint density at radius 2 is 2.27 bits per heavy atom. The number of sulfone groups is 1. The van der Waals surface area contributed by atoms with Crippen molar-refractivity contribution in [2.75, 3.05) is 32.5 Å². The van der Waals surface area contributed by atoms with Gasteiger partial charge < -0.3 is 10.0 Å². The van der Waals surface area contributed by atoms with Crippen LogP contribution in [0, 0.1) is 0 Å². The molecule has 0 aromatic heterocycles. The lowest BCUT2D eigenvalue weighted by atomic mass is 10.4. The van der Waals surface area contributed by atoms with Crippen molar-refractivity contribution in [3.63, 3.8) is 0 Å². The standard InChI is InChI=1S/C6H13NO3S/c1-7-2-3-11(9,10)6(4-7)5-8/h6,8H,2-5H2,1H3. The summed E-state index contributed by atoms with van der Waals surface area (Å²) in [7, 11) is -1.14. The Labute approximate surface area is 66.7 Å². The third-order valence-corrected chi connectivity index (χ3v) is 4.05. The number of hydrogen-bond acceptors (Lipinski definition) is 4. The molecule has 1 atom stereocenters. The van der Waals surface area contributed by atoms with Crippen molar-refractivity contribution in [2.24, 2.45) is 0 Å². The van der Waals surface area contributed by atoms with E-state index in [1.165, 1.54) is 0 Å². The molecule has 1 unspecified atom stereocenters. The molecule has 0 aliphatic carbocycles. The van der Waals surface area contributed by atoms with Crippen LogP contribution in [-0.2, 0) is 9.84 Å². The molecular weight excluding hydrogens is 166 g/mol. The van der Waals surface area contributed by atoms with Gasteiger partial charge in [0.25, 0.3) is 0 Å². The number of hydrogen-bond donors (Lipinski definition) is 1. The Morgan fingerprint density at radius 1 is 1.64 bits per heavy atom. The zero-order chi connectivity index (χ0) is 8.48. The molecule has 0 aromatic rings. The predicted molar refractivity (Wildman–Crippen MR) is 42.2 cm³/mol. The Kier molecular flexibility index (Phi) is 2.51. The largest absolute Gasteiger partial charge is 0.395 e. The molecule has 5 heteroatoms. The second kappa shape index (κ2) is 3.08. The van der Waals surface area contributed by atoms with Gasteiger partial charge in [0.05, 0.1) is 17.6 Å². The fraction of sp³-hybridized carbons (Fsp3) is 1.00. The quantitative estimate of drug-likeness (QED) is 0.544. The zero-order valence-corrected chi connectivity index (χ0v) is 7.34. The molecule has 0 spiro atoms. The summed E-state index contributed by atoms with van der Waals surface area (Å²) in [5.41, 5.74) is 0. The average molecular weight is 179 g/mol. The summed E-state index contributed by atoms with van der Waals surface area (Å²) < 4.78 is 22.3. The van der Waals surface area contributed by atoms with E-state index in [1.54, 1.807) is 0 Å². The van der Waals surface area contributed by atoms with Crippen molar-refractivity contribution in [2.45, 2.75) is 5.25 Å². The van der Waals surface area contributed by atoms with Gasteiger partial charge in [-0.25, -0.2) is 8.42 Å². The maximum absolute atomic E-state index is 11.2. The van der Waals surface area contributed by atoms with Crippen molar-refractivity contribution < 1.29 is 13.5 Å². The summed E-state index contributed by atoms with van der Waals surface area (Å²) in [4.78, 5) is 1.92. The molecule has 4 nitrogen and oxygen atoms in total. The summed E-state index contributed by atoms with van der Waals surface area (Å²) in [6.45, 7) is 0.782. The first kappa shape index (κ1) is 8.96.